The number of imide groups is 1. The molecule has 1 fully saturated rings. The fourth-order valence-electron chi connectivity index (χ4n) is 2.39. The molecule has 1 heterocycles. The number of urea groups is 1. The van der Waals surface area contributed by atoms with Gasteiger partial charge in [-0.2, -0.15) is 13.2 Å². The Labute approximate surface area is 158 Å². The molecule has 0 saturated carbocycles. The zero-order chi connectivity index (χ0) is 20.9. The minimum Gasteiger partial charge on any atom is -0.453 e. The Morgan fingerprint density at radius 2 is 2.04 bits per heavy atom. The smallest absolute Gasteiger partial charge is 0.416 e. The molecule has 1 aliphatic rings. The molecule has 11 heteroatoms. The van der Waals surface area contributed by atoms with E-state index in [-0.39, 0.29) is 31.6 Å². The van der Waals surface area contributed by atoms with Gasteiger partial charge in [-0.25, -0.2) is 4.79 Å². The normalized spacial score (nSPS) is 15.2. The summed E-state index contributed by atoms with van der Waals surface area (Å²) in [5, 5.41) is 4.59. The molecule has 0 unspecified atom stereocenters. The van der Waals surface area contributed by atoms with Gasteiger partial charge < -0.3 is 15.4 Å². The fourth-order valence-corrected chi connectivity index (χ4v) is 2.39. The van der Waals surface area contributed by atoms with E-state index in [9.17, 15) is 32.3 Å². The van der Waals surface area contributed by atoms with Crippen molar-refractivity contribution in [3.05, 3.63) is 29.8 Å². The van der Waals surface area contributed by atoms with Crippen molar-refractivity contribution in [2.24, 2.45) is 0 Å². The number of halogens is 3. The summed E-state index contributed by atoms with van der Waals surface area (Å²) in [6, 6.07) is 3.52. The predicted octanol–water partition coefficient (Wildman–Crippen LogP) is 1.91. The van der Waals surface area contributed by atoms with E-state index >= 15 is 0 Å². The Hall–Kier alpha value is -3.11. The molecule has 4 amide bonds. The summed E-state index contributed by atoms with van der Waals surface area (Å²) in [5.41, 5.74) is -1.00. The van der Waals surface area contributed by atoms with Gasteiger partial charge in [0, 0.05) is 18.7 Å². The van der Waals surface area contributed by atoms with Gasteiger partial charge in [-0.15, -0.1) is 0 Å². The van der Waals surface area contributed by atoms with Crippen molar-refractivity contribution < 1.29 is 37.1 Å². The molecule has 0 spiro atoms. The van der Waals surface area contributed by atoms with E-state index in [0.717, 1.165) is 23.1 Å². The van der Waals surface area contributed by atoms with Gasteiger partial charge in [0.25, 0.3) is 5.91 Å². The van der Waals surface area contributed by atoms with Crippen LogP contribution >= 0.6 is 0 Å². The first-order valence-corrected chi connectivity index (χ1v) is 8.33. The highest BCUT2D eigenvalue weighted by molar-refractivity contribution is 6.02. The lowest BCUT2D eigenvalue weighted by molar-refractivity contribution is -0.153. The largest absolute Gasteiger partial charge is 0.453 e. The number of ether oxygens (including phenoxy) is 1. The molecule has 1 aliphatic heterocycles. The van der Waals surface area contributed by atoms with Gasteiger partial charge in [0.05, 0.1) is 12.1 Å². The summed E-state index contributed by atoms with van der Waals surface area (Å²) < 4.78 is 43.0. The first-order chi connectivity index (χ1) is 13.1. The quantitative estimate of drug-likeness (QED) is 0.537. The second kappa shape index (κ2) is 8.72. The van der Waals surface area contributed by atoms with E-state index in [4.69, 9.17) is 4.74 Å². The number of carbonyl (C=O) groups is 4. The Morgan fingerprint density at radius 1 is 1.32 bits per heavy atom. The Kier molecular flexibility index (Phi) is 6.60. The molecule has 1 aromatic rings. The van der Waals surface area contributed by atoms with Crippen LogP contribution in [0, 0.1) is 0 Å². The molecular formula is C17H18F3N3O5. The van der Waals surface area contributed by atoms with Gasteiger partial charge in [-0.1, -0.05) is 6.07 Å². The van der Waals surface area contributed by atoms with Crippen LogP contribution in [0.3, 0.4) is 0 Å². The van der Waals surface area contributed by atoms with Crippen molar-refractivity contribution in [3.63, 3.8) is 0 Å². The van der Waals surface area contributed by atoms with Crippen LogP contribution in [0.5, 0.6) is 0 Å². The lowest BCUT2D eigenvalue weighted by Gasteiger charge is -2.15. The van der Waals surface area contributed by atoms with Crippen LogP contribution in [-0.4, -0.2) is 47.9 Å². The molecule has 28 heavy (non-hydrogen) atoms. The van der Waals surface area contributed by atoms with Crippen LogP contribution in [0.25, 0.3) is 0 Å². The van der Waals surface area contributed by atoms with Crippen LogP contribution in [-0.2, 0) is 25.3 Å². The molecule has 0 radical (unpaired) electrons. The number of nitrogens with one attached hydrogen (secondary N) is 2. The summed E-state index contributed by atoms with van der Waals surface area (Å²) in [6.07, 6.45) is -5.77. The lowest BCUT2D eigenvalue weighted by atomic mass is 10.2. The zero-order valence-electron chi connectivity index (χ0n) is 14.8. The van der Waals surface area contributed by atoms with Crippen LogP contribution < -0.4 is 10.6 Å². The van der Waals surface area contributed by atoms with Crippen molar-refractivity contribution >= 4 is 29.5 Å². The molecule has 1 atom stereocenters. The Morgan fingerprint density at radius 3 is 2.64 bits per heavy atom. The van der Waals surface area contributed by atoms with E-state index in [1.54, 1.807) is 0 Å². The highest BCUT2D eigenvalue weighted by Gasteiger charge is 2.31. The maximum absolute atomic E-state index is 12.7. The molecule has 0 bridgehead atoms. The molecule has 2 N–H and O–H groups in total. The van der Waals surface area contributed by atoms with Gasteiger partial charge in [0.2, 0.25) is 5.91 Å². The summed E-state index contributed by atoms with van der Waals surface area (Å²) in [7, 11) is 0. The third kappa shape index (κ3) is 5.69. The van der Waals surface area contributed by atoms with Crippen molar-refractivity contribution in [2.45, 2.75) is 32.0 Å². The standard InChI is InChI=1S/C17H18F3N3O5/c1-10(15(26)22-12-5-2-4-11(8-12)17(18,19)20)28-14(25)6-3-7-23-13(24)9-21-16(23)27/h2,4-5,8,10H,3,6-7,9H2,1H3,(H,21,27)(H,22,26)/t10-/m0/s1. The van der Waals surface area contributed by atoms with E-state index in [1.807, 2.05) is 0 Å². The van der Waals surface area contributed by atoms with Crippen LogP contribution in [0.2, 0.25) is 0 Å². The molecule has 2 rings (SSSR count). The second-order valence-electron chi connectivity index (χ2n) is 6.01. The van der Waals surface area contributed by atoms with E-state index < -0.39 is 41.7 Å². The first kappa shape index (κ1) is 21.2. The van der Waals surface area contributed by atoms with Crippen molar-refractivity contribution in [1.29, 1.82) is 0 Å². The van der Waals surface area contributed by atoms with E-state index in [1.165, 1.54) is 13.0 Å². The fraction of sp³-hybridized carbons (Fsp3) is 0.412. The molecule has 1 saturated heterocycles. The maximum atomic E-state index is 12.7. The minimum absolute atomic E-state index is 0.0323. The average Bonchev–Trinajstić information content (AvgIpc) is 2.93. The summed E-state index contributed by atoms with van der Waals surface area (Å²) in [4.78, 5) is 47.5. The first-order valence-electron chi connectivity index (χ1n) is 8.33. The number of alkyl halides is 3. The zero-order valence-corrected chi connectivity index (χ0v) is 14.8. The van der Waals surface area contributed by atoms with Crippen LogP contribution in [0.15, 0.2) is 24.3 Å². The lowest BCUT2D eigenvalue weighted by Crippen LogP contribution is -2.33. The number of nitrogens with zero attached hydrogens (tertiary/aromatic N) is 1. The third-order valence-electron chi connectivity index (χ3n) is 3.83. The van der Waals surface area contributed by atoms with Gasteiger partial charge in [0.15, 0.2) is 6.10 Å². The minimum atomic E-state index is -4.55. The SMILES string of the molecule is C[C@H](OC(=O)CCCN1C(=O)CNC1=O)C(=O)Nc1cccc(C(F)(F)F)c1. The van der Waals surface area contributed by atoms with Crippen LogP contribution in [0.4, 0.5) is 23.7 Å². The van der Waals surface area contributed by atoms with Crippen molar-refractivity contribution in [2.75, 3.05) is 18.4 Å². The number of amides is 4. The summed E-state index contributed by atoms with van der Waals surface area (Å²) in [6.45, 7) is 1.22. The van der Waals surface area contributed by atoms with Crippen molar-refractivity contribution in [3.8, 4) is 0 Å². The van der Waals surface area contributed by atoms with Gasteiger partial charge in [-0.05, 0) is 31.5 Å². The Bertz CT molecular complexity index is 766. The Balaban J connectivity index is 1.79. The number of hydrogen-bond donors (Lipinski definition) is 2. The molecule has 0 aliphatic carbocycles. The number of anilines is 1. The second-order valence-corrected chi connectivity index (χ2v) is 6.01. The number of benzene rings is 1. The third-order valence-corrected chi connectivity index (χ3v) is 3.83. The number of esters is 1. The van der Waals surface area contributed by atoms with Gasteiger partial charge >= 0.3 is 18.2 Å². The number of carbonyl (C=O) groups excluding carboxylic acids is 4. The molecular weight excluding hydrogens is 383 g/mol. The highest BCUT2D eigenvalue weighted by atomic mass is 19.4. The molecule has 0 aromatic heterocycles. The van der Waals surface area contributed by atoms with E-state index in [2.05, 4.69) is 10.6 Å². The maximum Gasteiger partial charge on any atom is 0.416 e. The summed E-state index contributed by atoms with van der Waals surface area (Å²) in [5.74, 6) is -1.92. The van der Waals surface area contributed by atoms with Gasteiger partial charge in [-0.3, -0.25) is 19.3 Å². The van der Waals surface area contributed by atoms with E-state index in [0.29, 0.717) is 0 Å². The average molecular weight is 401 g/mol. The summed E-state index contributed by atoms with van der Waals surface area (Å²) >= 11 is 0. The number of hydrogen-bond acceptors (Lipinski definition) is 5. The topological polar surface area (TPSA) is 105 Å². The highest BCUT2D eigenvalue weighted by Crippen LogP contribution is 2.30. The van der Waals surface area contributed by atoms with Gasteiger partial charge in [0.1, 0.15) is 0 Å². The monoisotopic (exact) mass is 401 g/mol. The molecule has 8 nitrogen and oxygen atoms in total. The molecule has 1 aromatic carbocycles. The van der Waals surface area contributed by atoms with Crippen molar-refractivity contribution in [1.82, 2.24) is 10.2 Å². The number of rotatable bonds is 7. The molecule has 152 valence electrons. The van der Waals surface area contributed by atoms with Crippen LogP contribution in [0.1, 0.15) is 25.3 Å². The predicted molar refractivity (Wildman–Crippen MR) is 90.0 cm³/mol.